The van der Waals surface area contributed by atoms with Crippen LogP contribution in [0.5, 0.6) is 23.0 Å². The monoisotopic (exact) mass is 730 g/mol. The van der Waals surface area contributed by atoms with Gasteiger partial charge in [-0.3, -0.25) is 9.97 Å². The van der Waals surface area contributed by atoms with Gasteiger partial charge in [0.15, 0.2) is 11.5 Å². The third-order valence-corrected chi connectivity index (χ3v) is 11.6. The van der Waals surface area contributed by atoms with Crippen molar-refractivity contribution in [3.63, 3.8) is 0 Å². The Hall–Kier alpha value is -8.20. The van der Waals surface area contributed by atoms with Gasteiger partial charge in [0.2, 0.25) is 0 Å². The highest BCUT2D eigenvalue weighted by Gasteiger charge is 2.54. The Bertz CT molecular complexity index is 3200. The zero-order valence-electron chi connectivity index (χ0n) is 30.0. The Balaban J connectivity index is 1.21. The number of anilines is 3. The summed E-state index contributed by atoms with van der Waals surface area (Å²) in [6.07, 6.45) is 3.76. The number of hydrogen-bond donors (Lipinski definition) is 0. The van der Waals surface area contributed by atoms with Crippen molar-refractivity contribution in [3.05, 3.63) is 191 Å². The molecule has 5 heterocycles. The average molecular weight is 731 g/mol. The van der Waals surface area contributed by atoms with Gasteiger partial charge in [-0.2, -0.15) is 10.5 Å². The predicted molar refractivity (Wildman–Crippen MR) is 218 cm³/mol. The van der Waals surface area contributed by atoms with Crippen LogP contribution < -0.4 is 14.4 Å². The molecule has 0 radical (unpaired) electrons. The molecule has 9 aromatic rings. The first-order valence-electron chi connectivity index (χ1n) is 18.6. The Morgan fingerprint density at radius 2 is 1.09 bits per heavy atom. The molecule has 0 fully saturated rings. The van der Waals surface area contributed by atoms with Crippen LogP contribution in [0.4, 0.5) is 17.1 Å². The van der Waals surface area contributed by atoms with Gasteiger partial charge in [0, 0.05) is 33.7 Å². The quantitative estimate of drug-likeness (QED) is 0.174. The lowest BCUT2D eigenvalue weighted by molar-refractivity contribution is 0.435. The first kappa shape index (κ1) is 31.2. The summed E-state index contributed by atoms with van der Waals surface area (Å²) in [6.45, 7) is 0. The molecule has 3 aromatic heterocycles. The predicted octanol–water partition coefficient (Wildman–Crippen LogP) is 11.4. The van der Waals surface area contributed by atoms with Crippen molar-refractivity contribution in [3.8, 4) is 52.2 Å². The number of ether oxygens (including phenoxy) is 2. The third-order valence-electron chi connectivity index (χ3n) is 11.6. The number of nitrogens with zero attached hydrogens (tertiary/aromatic N) is 6. The highest BCUT2D eigenvalue weighted by atomic mass is 16.5. The molecule has 1 atom stereocenters. The zero-order valence-corrected chi connectivity index (χ0v) is 30.0. The molecule has 1 aliphatic carbocycles. The van der Waals surface area contributed by atoms with Gasteiger partial charge < -0.3 is 18.9 Å². The number of para-hydroxylation sites is 5. The maximum atomic E-state index is 9.95. The van der Waals surface area contributed by atoms with Crippen LogP contribution in [-0.2, 0) is 5.41 Å². The van der Waals surface area contributed by atoms with Crippen LogP contribution in [0, 0.1) is 22.7 Å². The van der Waals surface area contributed by atoms with Crippen LogP contribution in [0.15, 0.2) is 158 Å². The van der Waals surface area contributed by atoms with Crippen molar-refractivity contribution in [1.29, 1.82) is 10.5 Å². The molecule has 0 N–H and O–H groups in total. The SMILES string of the molecule is N#Cc1ccc2c(c1)c1cc(C#N)ccc1n2-c1cccc2c1C1(c3ccccc3O2)c2cccnc2-c2ncc(N3c4ccccc4Oc4ccccc43)cc21. The number of pyridine rings is 2. The van der Waals surface area contributed by atoms with Crippen LogP contribution in [0.1, 0.15) is 33.4 Å². The van der Waals surface area contributed by atoms with E-state index >= 15 is 0 Å². The number of fused-ring (bicyclic) bond motifs is 14. The second-order valence-corrected chi connectivity index (χ2v) is 14.4. The third kappa shape index (κ3) is 4.08. The van der Waals surface area contributed by atoms with Crippen molar-refractivity contribution in [1.82, 2.24) is 14.5 Å². The zero-order chi connectivity index (χ0) is 37.8. The highest BCUT2D eigenvalue weighted by molar-refractivity contribution is 6.10. The first-order valence-corrected chi connectivity index (χ1v) is 18.6. The van der Waals surface area contributed by atoms with E-state index in [9.17, 15) is 10.5 Å². The van der Waals surface area contributed by atoms with Gasteiger partial charge >= 0.3 is 0 Å². The van der Waals surface area contributed by atoms with Crippen LogP contribution in [-0.4, -0.2) is 14.5 Å². The fourth-order valence-electron chi connectivity index (χ4n) is 9.34. The van der Waals surface area contributed by atoms with E-state index in [0.29, 0.717) is 16.9 Å². The van der Waals surface area contributed by atoms with Gasteiger partial charge in [-0.15, -0.1) is 0 Å². The molecule has 264 valence electrons. The molecular weight excluding hydrogens is 705 g/mol. The van der Waals surface area contributed by atoms with Crippen LogP contribution in [0.3, 0.4) is 0 Å². The molecule has 8 heteroatoms. The molecule has 6 aromatic carbocycles. The van der Waals surface area contributed by atoms with Crippen LogP contribution in [0.2, 0.25) is 0 Å². The summed E-state index contributed by atoms with van der Waals surface area (Å²) < 4.78 is 15.5. The topological polar surface area (TPSA) is 100.0 Å². The van der Waals surface area contributed by atoms with E-state index in [1.165, 1.54) is 0 Å². The maximum Gasteiger partial charge on any atom is 0.151 e. The van der Waals surface area contributed by atoms with Crippen LogP contribution in [0.25, 0.3) is 38.9 Å². The molecule has 1 spiro atoms. The normalized spacial score (nSPS) is 15.3. The Kier molecular flexibility index (Phi) is 6.24. The summed E-state index contributed by atoms with van der Waals surface area (Å²) in [5, 5.41) is 21.7. The van der Waals surface area contributed by atoms with E-state index < -0.39 is 5.41 Å². The van der Waals surface area contributed by atoms with E-state index in [-0.39, 0.29) is 0 Å². The lowest BCUT2D eigenvalue weighted by Crippen LogP contribution is -2.34. The van der Waals surface area contributed by atoms with Gasteiger partial charge in [0.05, 0.1) is 80.0 Å². The van der Waals surface area contributed by atoms with Crippen molar-refractivity contribution >= 4 is 38.9 Å². The summed E-state index contributed by atoms with van der Waals surface area (Å²) >= 11 is 0. The molecule has 57 heavy (non-hydrogen) atoms. The summed E-state index contributed by atoms with van der Waals surface area (Å²) in [5.41, 5.74) is 11.0. The lowest BCUT2D eigenvalue weighted by Gasteiger charge is -2.40. The van der Waals surface area contributed by atoms with Gasteiger partial charge in [0.25, 0.3) is 0 Å². The molecule has 12 rings (SSSR count). The van der Waals surface area contributed by atoms with Crippen molar-refractivity contribution in [2.45, 2.75) is 5.41 Å². The second-order valence-electron chi connectivity index (χ2n) is 14.4. The van der Waals surface area contributed by atoms with Gasteiger partial charge in [-0.25, -0.2) is 0 Å². The van der Waals surface area contributed by atoms with Crippen LogP contribution >= 0.6 is 0 Å². The second kappa shape index (κ2) is 11.4. The number of hydrogen-bond acceptors (Lipinski definition) is 7. The molecule has 3 aliphatic rings. The van der Waals surface area contributed by atoms with E-state index in [2.05, 4.69) is 64.1 Å². The number of benzene rings is 6. The van der Waals surface area contributed by atoms with Crippen molar-refractivity contribution < 1.29 is 9.47 Å². The van der Waals surface area contributed by atoms with Gasteiger partial charge in [-0.1, -0.05) is 54.6 Å². The smallest absolute Gasteiger partial charge is 0.151 e. The fraction of sp³-hybridized carbons (Fsp3) is 0.0204. The average Bonchev–Trinajstić information content (AvgIpc) is 3.74. The Morgan fingerprint density at radius 3 is 1.79 bits per heavy atom. The van der Waals surface area contributed by atoms with Gasteiger partial charge in [0.1, 0.15) is 11.5 Å². The van der Waals surface area contributed by atoms with E-state index in [1.807, 2.05) is 116 Å². The maximum absolute atomic E-state index is 9.95. The Morgan fingerprint density at radius 1 is 0.509 bits per heavy atom. The minimum atomic E-state index is -0.934. The number of nitriles is 2. The largest absolute Gasteiger partial charge is 0.457 e. The van der Waals surface area contributed by atoms with Crippen molar-refractivity contribution in [2.75, 3.05) is 4.90 Å². The first-order chi connectivity index (χ1) is 28.2. The van der Waals surface area contributed by atoms with E-state index in [0.717, 1.165) is 95.4 Å². The van der Waals surface area contributed by atoms with E-state index in [1.54, 1.807) is 0 Å². The molecule has 0 saturated carbocycles. The molecule has 1 unspecified atom stereocenters. The highest BCUT2D eigenvalue weighted by Crippen LogP contribution is 2.63. The molecule has 2 aliphatic heterocycles. The minimum Gasteiger partial charge on any atom is -0.457 e. The van der Waals surface area contributed by atoms with Gasteiger partial charge in [-0.05, 0) is 96.6 Å². The summed E-state index contributed by atoms with van der Waals surface area (Å²) in [5.74, 6) is 2.96. The summed E-state index contributed by atoms with van der Waals surface area (Å²) in [6, 6.07) is 53.1. The number of rotatable bonds is 2. The molecule has 0 amide bonds. The van der Waals surface area contributed by atoms with E-state index in [4.69, 9.17) is 19.4 Å². The molecule has 8 nitrogen and oxygen atoms in total. The van der Waals surface area contributed by atoms with Crippen molar-refractivity contribution in [2.24, 2.45) is 0 Å². The summed E-state index contributed by atoms with van der Waals surface area (Å²) in [4.78, 5) is 12.5. The fourth-order valence-corrected chi connectivity index (χ4v) is 9.34. The Labute approximate surface area is 326 Å². The minimum absolute atomic E-state index is 0.544. The standard InChI is InChI=1S/C49H26N6O2/c50-26-29-18-20-37-32(23-29)33-24-30(27-51)19-21-38(33)55(37)41-13-7-17-45-46(41)49(34-9-1-4-14-42(34)56-45)35-10-8-22-52-47(35)48-36(49)25-31(28-53-48)54-39-11-2-5-15-43(39)57-44-16-6-3-12-40(44)54/h1-25,28H. The molecule has 0 bridgehead atoms. The molecular formula is C49H26N6O2. The summed E-state index contributed by atoms with van der Waals surface area (Å²) in [7, 11) is 0. The molecule has 0 saturated heterocycles. The number of aromatic nitrogens is 3. The lowest BCUT2D eigenvalue weighted by atomic mass is 9.65.